The van der Waals surface area contributed by atoms with E-state index in [0.717, 1.165) is 5.56 Å². The minimum atomic E-state index is -1.33. The molecule has 11 nitrogen and oxygen atoms in total. The van der Waals surface area contributed by atoms with Crippen molar-refractivity contribution in [3.63, 3.8) is 0 Å². The molecule has 0 fully saturated rings. The third-order valence-electron chi connectivity index (χ3n) is 3.92. The predicted octanol–water partition coefficient (Wildman–Crippen LogP) is 0.874. The lowest BCUT2D eigenvalue weighted by Crippen LogP contribution is -2.48. The van der Waals surface area contributed by atoms with E-state index in [1.807, 2.05) is 0 Å². The fourth-order valence-corrected chi connectivity index (χ4v) is 2.37. The summed E-state index contributed by atoms with van der Waals surface area (Å²) in [6.45, 7) is 1.65. The monoisotopic (exact) mass is 417 g/mol. The number of carbonyl (C=O) groups is 3. The number of amidine groups is 1. The number of carboxylic acids is 1. The number of hydrogen-bond donors (Lipinski definition) is 5. The van der Waals surface area contributed by atoms with E-state index >= 15 is 0 Å². The Labute approximate surface area is 172 Å². The van der Waals surface area contributed by atoms with E-state index in [2.05, 4.69) is 15.8 Å². The number of nitrogens with two attached hydrogens (primary N) is 1. The van der Waals surface area contributed by atoms with Crippen LogP contribution in [0.4, 0.5) is 4.79 Å². The Morgan fingerprint density at radius 2 is 2.00 bits per heavy atom. The maximum absolute atomic E-state index is 12.1. The van der Waals surface area contributed by atoms with Crippen LogP contribution in [0, 0.1) is 5.41 Å². The van der Waals surface area contributed by atoms with Crippen molar-refractivity contribution in [2.75, 3.05) is 13.2 Å². The second-order valence-electron chi connectivity index (χ2n) is 6.32. The first-order valence-electron chi connectivity index (χ1n) is 9.13. The van der Waals surface area contributed by atoms with Crippen LogP contribution in [0.1, 0.15) is 24.7 Å². The first-order valence-corrected chi connectivity index (χ1v) is 9.13. The molecule has 6 N–H and O–H groups in total. The number of aromatic nitrogens is 1. The fraction of sp³-hybridized carbons (Fsp3) is 0.316. The number of carboxylic acid groups (broad SMARTS) is 1. The average molecular weight is 417 g/mol. The van der Waals surface area contributed by atoms with Crippen LogP contribution in [0.5, 0.6) is 0 Å². The van der Waals surface area contributed by atoms with Gasteiger partial charge in [-0.3, -0.25) is 10.2 Å². The quantitative estimate of drug-likeness (QED) is 0.279. The number of ether oxygens (including phenoxy) is 1. The molecule has 160 valence electrons. The van der Waals surface area contributed by atoms with Crippen molar-refractivity contribution in [1.29, 1.82) is 5.41 Å². The molecule has 0 saturated heterocycles. The molecule has 0 saturated carbocycles. The van der Waals surface area contributed by atoms with Gasteiger partial charge in [-0.15, -0.1) is 0 Å². The fourth-order valence-electron chi connectivity index (χ4n) is 2.37. The number of hydrogen-bond acceptors (Lipinski definition) is 7. The molecule has 2 rings (SSSR count). The summed E-state index contributed by atoms with van der Waals surface area (Å²) < 4.78 is 9.92. The second-order valence-corrected chi connectivity index (χ2v) is 6.32. The molecule has 11 heteroatoms. The maximum atomic E-state index is 12.1. The maximum Gasteiger partial charge on any atom is 0.407 e. The minimum Gasteiger partial charge on any atom is -0.480 e. The van der Waals surface area contributed by atoms with Crippen molar-refractivity contribution in [1.82, 2.24) is 15.8 Å². The SMILES string of the molecule is CCCOC(=O)N[C@@H](CNC(=O)Cc1cc(-c2ccc(C(=N)N)cc2)no1)C(=O)O. The zero-order valence-corrected chi connectivity index (χ0v) is 16.3. The first-order chi connectivity index (χ1) is 14.3. The predicted molar refractivity (Wildman–Crippen MR) is 106 cm³/mol. The van der Waals surface area contributed by atoms with Crippen molar-refractivity contribution in [2.24, 2.45) is 5.73 Å². The summed E-state index contributed by atoms with van der Waals surface area (Å²) in [4.78, 5) is 34.8. The van der Waals surface area contributed by atoms with Crippen LogP contribution < -0.4 is 16.4 Å². The van der Waals surface area contributed by atoms with E-state index in [-0.39, 0.29) is 31.2 Å². The van der Waals surface area contributed by atoms with E-state index in [1.165, 1.54) is 0 Å². The van der Waals surface area contributed by atoms with Crippen molar-refractivity contribution in [3.8, 4) is 11.3 Å². The molecule has 1 aromatic heterocycles. The number of rotatable bonds is 10. The molecule has 2 amide bonds. The first kappa shape index (κ1) is 22.4. The highest BCUT2D eigenvalue weighted by molar-refractivity contribution is 5.95. The molecule has 0 radical (unpaired) electrons. The van der Waals surface area contributed by atoms with E-state index in [9.17, 15) is 14.4 Å². The number of benzene rings is 1. The summed E-state index contributed by atoms with van der Waals surface area (Å²) in [5.41, 5.74) is 7.20. The lowest BCUT2D eigenvalue weighted by atomic mass is 10.1. The highest BCUT2D eigenvalue weighted by Crippen LogP contribution is 2.20. The van der Waals surface area contributed by atoms with E-state index in [4.69, 9.17) is 25.5 Å². The summed E-state index contributed by atoms with van der Waals surface area (Å²) in [5, 5.41) is 25.0. The molecule has 2 aromatic rings. The Bertz CT molecular complexity index is 908. The molecule has 1 heterocycles. The van der Waals surface area contributed by atoms with Gasteiger partial charge in [0.15, 0.2) is 0 Å². The topological polar surface area (TPSA) is 181 Å². The van der Waals surface area contributed by atoms with Crippen molar-refractivity contribution in [2.45, 2.75) is 25.8 Å². The standard InChI is InChI=1S/C19H23N5O6/c1-2-7-29-19(28)23-15(18(26)27)10-22-16(25)9-13-8-14(24-30-13)11-3-5-12(6-4-11)17(20)21/h3-6,8,15H,2,7,9-10H2,1H3,(H3,20,21)(H,22,25)(H,23,28)(H,26,27)/t15-/m0/s1. The van der Waals surface area contributed by atoms with Crippen molar-refractivity contribution in [3.05, 3.63) is 41.7 Å². The lowest BCUT2D eigenvalue weighted by Gasteiger charge is -2.15. The van der Waals surface area contributed by atoms with Gasteiger partial charge in [0.1, 0.15) is 23.3 Å². The number of amides is 2. The van der Waals surface area contributed by atoms with Gasteiger partial charge >= 0.3 is 12.1 Å². The smallest absolute Gasteiger partial charge is 0.407 e. The number of alkyl carbamates (subject to hydrolysis) is 1. The molecule has 0 bridgehead atoms. The van der Waals surface area contributed by atoms with Crippen LogP contribution in [0.2, 0.25) is 0 Å². The summed E-state index contributed by atoms with van der Waals surface area (Å²) in [5.74, 6) is -1.58. The number of nitrogens with zero attached hydrogens (tertiary/aromatic N) is 1. The normalized spacial score (nSPS) is 11.4. The molecule has 0 spiro atoms. The van der Waals surface area contributed by atoms with Gasteiger partial charge in [-0.2, -0.15) is 0 Å². The van der Waals surface area contributed by atoms with Gasteiger partial charge in [0.2, 0.25) is 5.91 Å². The van der Waals surface area contributed by atoms with Crippen LogP contribution in [-0.2, 0) is 20.7 Å². The molecule has 30 heavy (non-hydrogen) atoms. The molecule has 1 aromatic carbocycles. The molecule has 0 unspecified atom stereocenters. The summed E-state index contributed by atoms with van der Waals surface area (Å²) in [7, 11) is 0. The largest absolute Gasteiger partial charge is 0.480 e. The summed E-state index contributed by atoms with van der Waals surface area (Å²) in [6, 6.07) is 7.03. The molecule has 1 atom stereocenters. The molecular weight excluding hydrogens is 394 g/mol. The van der Waals surface area contributed by atoms with Crippen LogP contribution in [0.3, 0.4) is 0 Å². The highest BCUT2D eigenvalue weighted by Gasteiger charge is 2.22. The molecular formula is C19H23N5O6. The third-order valence-corrected chi connectivity index (χ3v) is 3.92. The summed E-state index contributed by atoms with van der Waals surface area (Å²) in [6.07, 6.45) is -0.429. The lowest BCUT2D eigenvalue weighted by molar-refractivity contribution is -0.139. The third kappa shape index (κ3) is 6.62. The molecule has 0 aliphatic rings. The number of nitrogen functional groups attached to an aromatic ring is 1. The number of nitrogens with one attached hydrogen (secondary N) is 3. The van der Waals surface area contributed by atoms with Gasteiger partial charge < -0.3 is 30.7 Å². The molecule has 0 aliphatic heterocycles. The van der Waals surface area contributed by atoms with Crippen LogP contribution in [-0.4, -0.2) is 53.3 Å². The second kappa shape index (κ2) is 10.6. The Hall–Kier alpha value is -3.89. The number of aliphatic carboxylic acids is 1. The summed E-state index contributed by atoms with van der Waals surface area (Å²) >= 11 is 0. The van der Waals surface area contributed by atoms with E-state index < -0.39 is 24.0 Å². The van der Waals surface area contributed by atoms with Crippen LogP contribution >= 0.6 is 0 Å². The van der Waals surface area contributed by atoms with Crippen LogP contribution in [0.25, 0.3) is 11.3 Å². The Balaban J connectivity index is 1.89. The Morgan fingerprint density at radius 3 is 2.60 bits per heavy atom. The van der Waals surface area contributed by atoms with E-state index in [1.54, 1.807) is 37.3 Å². The van der Waals surface area contributed by atoms with Crippen molar-refractivity contribution >= 4 is 23.8 Å². The Morgan fingerprint density at radius 1 is 1.30 bits per heavy atom. The Kier molecular flexibility index (Phi) is 7.91. The van der Waals surface area contributed by atoms with Gasteiger partial charge in [0.05, 0.1) is 13.0 Å². The minimum absolute atomic E-state index is 0.0492. The van der Waals surface area contributed by atoms with Crippen molar-refractivity contribution < 1.29 is 28.8 Å². The van der Waals surface area contributed by atoms with Crippen LogP contribution in [0.15, 0.2) is 34.9 Å². The molecule has 0 aliphatic carbocycles. The number of carbonyl (C=O) groups excluding carboxylic acids is 2. The highest BCUT2D eigenvalue weighted by atomic mass is 16.5. The van der Waals surface area contributed by atoms with E-state index in [0.29, 0.717) is 17.7 Å². The zero-order valence-electron chi connectivity index (χ0n) is 16.3. The van der Waals surface area contributed by atoms with Gasteiger partial charge in [-0.1, -0.05) is 36.3 Å². The van der Waals surface area contributed by atoms with Gasteiger partial charge in [-0.05, 0) is 6.42 Å². The van der Waals surface area contributed by atoms with Gasteiger partial charge in [0, 0.05) is 23.7 Å². The average Bonchev–Trinajstić information content (AvgIpc) is 3.17. The van der Waals surface area contributed by atoms with Gasteiger partial charge in [-0.25, -0.2) is 9.59 Å². The zero-order chi connectivity index (χ0) is 22.1. The van der Waals surface area contributed by atoms with Gasteiger partial charge in [0.25, 0.3) is 0 Å².